The zero-order valence-corrected chi connectivity index (χ0v) is 19.4. The molecule has 0 rings (SSSR count). The van der Waals surface area contributed by atoms with Gasteiger partial charge in [0.2, 0.25) is 0 Å². The number of sulfone groups is 1. The molecule has 0 unspecified atom stereocenters. The van der Waals surface area contributed by atoms with Gasteiger partial charge in [0, 0.05) is 19.0 Å². The highest BCUT2D eigenvalue weighted by atomic mass is 32.2. The van der Waals surface area contributed by atoms with Crippen molar-refractivity contribution < 1.29 is 17.3 Å². The maximum Gasteiger partial charge on any atom is 0.183 e. The Kier molecular flexibility index (Phi) is 11.6. The van der Waals surface area contributed by atoms with Gasteiger partial charge in [-0.1, -0.05) is 6.42 Å². The van der Waals surface area contributed by atoms with Crippen LogP contribution >= 0.6 is 11.8 Å². The van der Waals surface area contributed by atoms with E-state index < -0.39 is 26.5 Å². The molecule has 8 heteroatoms. The lowest BCUT2D eigenvalue weighted by molar-refractivity contribution is 0.335. The molecule has 23 heavy (non-hydrogen) atoms. The van der Waals surface area contributed by atoms with E-state index in [0.717, 1.165) is 37.4 Å². The molecule has 0 aromatic heterocycles. The zero-order chi connectivity index (χ0) is 18.0. The monoisotopic (exact) mass is 400 g/mol. The molecule has 0 N–H and O–H groups in total. The van der Waals surface area contributed by atoms with Gasteiger partial charge >= 0.3 is 0 Å². The van der Waals surface area contributed by atoms with Crippen molar-refractivity contribution in [3.8, 4) is 0 Å². The van der Waals surface area contributed by atoms with E-state index in [-0.39, 0.29) is 5.75 Å². The molecule has 4 nitrogen and oxygen atoms in total. The predicted molar refractivity (Wildman–Crippen MR) is 108 cm³/mol. The third-order valence-corrected chi connectivity index (χ3v) is 7.81. The van der Waals surface area contributed by atoms with Crippen molar-refractivity contribution in [2.45, 2.75) is 58.5 Å². The third kappa shape index (κ3) is 18.8. The minimum atomic E-state index is -2.95. The molecule has 0 atom stereocenters. The van der Waals surface area contributed by atoms with E-state index in [1.807, 2.05) is 11.8 Å². The van der Waals surface area contributed by atoms with Crippen molar-refractivity contribution >= 4 is 38.2 Å². The van der Waals surface area contributed by atoms with Gasteiger partial charge in [0.05, 0.1) is 11.5 Å². The highest BCUT2D eigenvalue weighted by Crippen LogP contribution is 2.10. The molecule has 0 saturated carbocycles. The number of hydrogen-bond donors (Lipinski definition) is 0. The predicted octanol–water partition coefficient (Wildman–Crippen LogP) is 4.01. The Morgan fingerprint density at radius 2 is 1.30 bits per heavy atom. The van der Waals surface area contributed by atoms with E-state index in [9.17, 15) is 8.42 Å². The fourth-order valence-electron chi connectivity index (χ4n) is 1.79. The summed E-state index contributed by atoms with van der Waals surface area (Å²) in [5.74, 6) is 2.59. The van der Waals surface area contributed by atoms with Crippen molar-refractivity contribution in [3.05, 3.63) is 0 Å². The van der Waals surface area contributed by atoms with E-state index in [1.54, 1.807) is 0 Å². The smallest absolute Gasteiger partial charge is 0.183 e. The van der Waals surface area contributed by atoms with E-state index in [1.165, 1.54) is 0 Å². The molecule has 0 saturated heterocycles. The average molecular weight is 401 g/mol. The Morgan fingerprint density at radius 3 is 1.87 bits per heavy atom. The molecule has 0 aromatic carbocycles. The van der Waals surface area contributed by atoms with Crippen LogP contribution in [0.15, 0.2) is 0 Å². The first-order valence-electron chi connectivity index (χ1n) is 8.47. The highest BCUT2D eigenvalue weighted by Gasteiger charge is 2.17. The summed E-state index contributed by atoms with van der Waals surface area (Å²) < 4.78 is 35.2. The summed E-state index contributed by atoms with van der Waals surface area (Å²) >= 11 is 1.90. The second-order valence-corrected chi connectivity index (χ2v) is 20.3. The number of thioether (sulfide) groups is 1. The van der Waals surface area contributed by atoms with Gasteiger partial charge < -0.3 is 8.85 Å². The maximum atomic E-state index is 11.9. The Balaban J connectivity index is 3.53. The Bertz CT molecular complexity index is 401. The van der Waals surface area contributed by atoms with Crippen molar-refractivity contribution in [1.29, 1.82) is 0 Å². The van der Waals surface area contributed by atoms with Crippen LogP contribution in [0.25, 0.3) is 0 Å². The normalized spacial score (nSPS) is 13.5. The summed E-state index contributed by atoms with van der Waals surface area (Å²) in [6.07, 6.45) is 2.83. The Labute approximate surface area is 150 Å². The van der Waals surface area contributed by atoms with Crippen molar-refractivity contribution in [1.82, 2.24) is 0 Å². The molecule has 0 fully saturated rings. The van der Waals surface area contributed by atoms with Crippen LogP contribution in [0.2, 0.25) is 39.3 Å². The van der Waals surface area contributed by atoms with Gasteiger partial charge in [-0.25, -0.2) is 8.42 Å². The minimum absolute atomic E-state index is 0.167. The molecule has 0 aliphatic rings. The number of rotatable bonds is 14. The lowest BCUT2D eigenvalue weighted by Crippen LogP contribution is -2.28. The van der Waals surface area contributed by atoms with E-state index in [2.05, 4.69) is 39.3 Å². The van der Waals surface area contributed by atoms with E-state index in [4.69, 9.17) is 8.85 Å². The largest absolute Gasteiger partial charge is 0.417 e. The van der Waals surface area contributed by atoms with Gasteiger partial charge in [0.1, 0.15) is 0 Å². The van der Waals surface area contributed by atoms with Gasteiger partial charge in [-0.05, 0) is 57.9 Å². The summed E-state index contributed by atoms with van der Waals surface area (Å²) in [5, 5.41) is 0. The second kappa shape index (κ2) is 11.3. The third-order valence-electron chi connectivity index (χ3n) is 2.94. The molecule has 0 aliphatic heterocycles. The fraction of sp³-hybridized carbons (Fsp3) is 1.00. The van der Waals surface area contributed by atoms with Gasteiger partial charge in [-0.3, -0.25) is 0 Å². The van der Waals surface area contributed by atoms with Crippen LogP contribution in [0.4, 0.5) is 0 Å². The quantitative estimate of drug-likeness (QED) is 0.326. The topological polar surface area (TPSA) is 52.6 Å². The van der Waals surface area contributed by atoms with Gasteiger partial charge in [0.25, 0.3) is 0 Å². The zero-order valence-electron chi connectivity index (χ0n) is 15.8. The van der Waals surface area contributed by atoms with E-state index in [0.29, 0.717) is 12.4 Å². The molecule has 0 spiro atoms. The molecule has 0 amide bonds. The maximum absolute atomic E-state index is 11.9. The van der Waals surface area contributed by atoms with Crippen LogP contribution in [0.1, 0.15) is 19.3 Å². The lowest BCUT2D eigenvalue weighted by Gasteiger charge is -2.17. The van der Waals surface area contributed by atoms with Crippen molar-refractivity contribution in [3.63, 3.8) is 0 Å². The van der Waals surface area contributed by atoms with Crippen molar-refractivity contribution in [2.24, 2.45) is 0 Å². The van der Waals surface area contributed by atoms with Crippen LogP contribution in [0.3, 0.4) is 0 Å². The minimum Gasteiger partial charge on any atom is -0.417 e. The van der Waals surface area contributed by atoms with Gasteiger partial charge in [-0.15, -0.1) is 0 Å². The van der Waals surface area contributed by atoms with E-state index >= 15 is 0 Å². The molecular formula is C15H36O4S2Si2. The molecule has 0 aliphatic carbocycles. The van der Waals surface area contributed by atoms with Crippen LogP contribution < -0.4 is 0 Å². The highest BCUT2D eigenvalue weighted by molar-refractivity contribution is 7.99. The second-order valence-electron chi connectivity index (χ2n) is 7.75. The van der Waals surface area contributed by atoms with Crippen LogP contribution in [-0.4, -0.2) is 61.3 Å². The lowest BCUT2D eigenvalue weighted by atomic mass is 10.3. The summed E-state index contributed by atoms with van der Waals surface area (Å²) in [7, 11) is -5.92. The average Bonchev–Trinajstić information content (AvgIpc) is 2.33. The SMILES string of the molecule is C[Si](C)(C)OCCSCCCCCS(=O)(=O)CCO[Si](C)(C)C. The fourth-order valence-corrected chi connectivity index (χ4v) is 5.51. The van der Waals surface area contributed by atoms with Crippen LogP contribution in [0, 0.1) is 0 Å². The van der Waals surface area contributed by atoms with Crippen molar-refractivity contribution in [2.75, 3.05) is 36.2 Å². The van der Waals surface area contributed by atoms with Gasteiger partial charge in [-0.2, -0.15) is 11.8 Å². The molecular weight excluding hydrogens is 364 g/mol. The molecule has 0 bridgehead atoms. The summed E-state index contributed by atoms with van der Waals surface area (Å²) in [6, 6.07) is 0. The standard InChI is InChI=1S/C15H36O4S2Si2/c1-22(2,3)18-10-13-20-12-8-7-9-14-21(16,17)15-11-19-23(4,5)6/h7-15H2,1-6H3. The van der Waals surface area contributed by atoms with Crippen LogP contribution in [-0.2, 0) is 18.7 Å². The number of unbranched alkanes of at least 4 members (excludes halogenated alkanes) is 2. The van der Waals surface area contributed by atoms with Gasteiger partial charge in [0.15, 0.2) is 26.5 Å². The number of hydrogen-bond acceptors (Lipinski definition) is 5. The first kappa shape index (κ1) is 23.7. The first-order chi connectivity index (χ1) is 10.4. The Morgan fingerprint density at radius 1 is 0.739 bits per heavy atom. The first-order valence-corrected chi connectivity index (χ1v) is 18.3. The van der Waals surface area contributed by atoms with Crippen LogP contribution in [0.5, 0.6) is 0 Å². The molecule has 0 radical (unpaired) electrons. The summed E-state index contributed by atoms with van der Waals surface area (Å²) in [4.78, 5) is 0. The Hall–Kier alpha value is 0.654. The summed E-state index contributed by atoms with van der Waals surface area (Å²) in [6.45, 7) is 14.0. The molecule has 140 valence electrons. The molecule has 0 heterocycles. The summed E-state index contributed by atoms with van der Waals surface area (Å²) in [5.41, 5.74) is 0. The molecule has 0 aromatic rings.